The first kappa shape index (κ1) is 9.51. The van der Waals surface area contributed by atoms with Gasteiger partial charge in [-0.05, 0) is 0 Å². The van der Waals surface area contributed by atoms with Crippen molar-refractivity contribution in [2.45, 2.75) is 0 Å². The summed E-state index contributed by atoms with van der Waals surface area (Å²) < 4.78 is 12.0. The average Bonchev–Trinajstić information content (AvgIpc) is 2.81. The smallest absolute Gasteiger partial charge is 0.218 e. The quantitative estimate of drug-likeness (QED) is 0.757. The van der Waals surface area contributed by atoms with Crippen molar-refractivity contribution >= 4 is 0 Å². The maximum Gasteiger partial charge on any atom is 0.218 e. The van der Waals surface area contributed by atoms with Gasteiger partial charge in [0, 0.05) is 24.5 Å². The molecule has 0 aliphatic rings. The summed E-state index contributed by atoms with van der Waals surface area (Å²) in [6.45, 7) is 0. The average molecular weight is 205 g/mol. The Morgan fingerprint density at radius 2 is 2.07 bits per heavy atom. The zero-order valence-electron chi connectivity index (χ0n) is 8.54. The SMILES string of the molecule is COc1cc(OC)nc(-n2ccnc2)c1. The van der Waals surface area contributed by atoms with Crippen LogP contribution in [0.1, 0.15) is 0 Å². The van der Waals surface area contributed by atoms with Crippen LogP contribution in [0.5, 0.6) is 11.6 Å². The van der Waals surface area contributed by atoms with Gasteiger partial charge in [0.15, 0.2) is 0 Å². The van der Waals surface area contributed by atoms with Gasteiger partial charge in [-0.2, -0.15) is 4.98 Å². The summed E-state index contributed by atoms with van der Waals surface area (Å²) in [4.78, 5) is 8.21. The predicted molar refractivity (Wildman–Crippen MR) is 54.5 cm³/mol. The van der Waals surface area contributed by atoms with Crippen molar-refractivity contribution in [3.8, 4) is 17.4 Å². The minimum Gasteiger partial charge on any atom is -0.496 e. The van der Waals surface area contributed by atoms with Crippen LogP contribution in [0, 0.1) is 0 Å². The van der Waals surface area contributed by atoms with Crippen LogP contribution >= 0.6 is 0 Å². The van der Waals surface area contributed by atoms with Crippen LogP contribution in [0.4, 0.5) is 0 Å². The summed E-state index contributed by atoms with van der Waals surface area (Å²) in [5.74, 6) is 1.92. The Hall–Kier alpha value is -2.04. The van der Waals surface area contributed by atoms with Crippen LogP contribution in [-0.2, 0) is 0 Å². The second-order valence-electron chi connectivity index (χ2n) is 2.88. The molecule has 0 amide bonds. The molecule has 2 aromatic rings. The highest BCUT2D eigenvalue weighted by Crippen LogP contribution is 2.20. The van der Waals surface area contributed by atoms with Crippen LogP contribution in [0.15, 0.2) is 30.9 Å². The molecule has 0 N–H and O–H groups in total. The molecule has 0 atom stereocenters. The molecular weight excluding hydrogens is 194 g/mol. The van der Waals surface area contributed by atoms with E-state index in [1.807, 2.05) is 6.07 Å². The zero-order valence-corrected chi connectivity index (χ0v) is 8.54. The van der Waals surface area contributed by atoms with Gasteiger partial charge in [-0.25, -0.2) is 4.98 Å². The minimum atomic E-state index is 0.512. The van der Waals surface area contributed by atoms with Crippen molar-refractivity contribution in [3.05, 3.63) is 30.9 Å². The van der Waals surface area contributed by atoms with Gasteiger partial charge in [-0.1, -0.05) is 0 Å². The molecule has 2 aromatic heterocycles. The lowest BCUT2D eigenvalue weighted by Crippen LogP contribution is -1.98. The molecule has 0 radical (unpaired) electrons. The van der Waals surface area contributed by atoms with Crippen molar-refractivity contribution in [3.63, 3.8) is 0 Å². The number of hydrogen-bond donors (Lipinski definition) is 0. The van der Waals surface area contributed by atoms with Gasteiger partial charge in [0.1, 0.15) is 17.9 Å². The van der Waals surface area contributed by atoms with Gasteiger partial charge >= 0.3 is 0 Å². The fourth-order valence-corrected chi connectivity index (χ4v) is 1.22. The lowest BCUT2D eigenvalue weighted by Gasteiger charge is -2.07. The number of imidazole rings is 1. The molecule has 15 heavy (non-hydrogen) atoms. The molecule has 2 rings (SSSR count). The van der Waals surface area contributed by atoms with E-state index in [1.54, 1.807) is 43.6 Å². The lowest BCUT2D eigenvalue weighted by atomic mass is 10.4. The van der Waals surface area contributed by atoms with Crippen molar-refractivity contribution in [2.24, 2.45) is 0 Å². The number of ether oxygens (including phenoxy) is 2. The summed E-state index contributed by atoms with van der Waals surface area (Å²) in [6.07, 6.45) is 5.16. The number of pyridine rings is 1. The molecular formula is C10H11N3O2. The standard InChI is InChI=1S/C10H11N3O2/c1-14-8-5-9(12-10(6-8)15-2)13-4-3-11-7-13/h3-7H,1-2H3. The molecule has 0 unspecified atom stereocenters. The molecule has 0 aliphatic heterocycles. The zero-order chi connectivity index (χ0) is 10.7. The third-order valence-electron chi connectivity index (χ3n) is 1.98. The van der Waals surface area contributed by atoms with Crippen LogP contribution in [0.25, 0.3) is 5.82 Å². The third-order valence-corrected chi connectivity index (χ3v) is 1.98. The van der Waals surface area contributed by atoms with E-state index in [4.69, 9.17) is 9.47 Å². The Bertz CT molecular complexity index is 418. The maximum absolute atomic E-state index is 5.14. The monoisotopic (exact) mass is 205 g/mol. The maximum atomic E-state index is 5.14. The molecule has 0 aliphatic carbocycles. The summed E-state index contributed by atoms with van der Waals surface area (Å²) in [6, 6.07) is 3.53. The van der Waals surface area contributed by atoms with Gasteiger partial charge in [-0.3, -0.25) is 4.57 Å². The lowest BCUT2D eigenvalue weighted by molar-refractivity contribution is 0.381. The summed E-state index contributed by atoms with van der Waals surface area (Å²) in [5.41, 5.74) is 0. The number of aromatic nitrogens is 3. The summed E-state index contributed by atoms with van der Waals surface area (Å²) in [5, 5.41) is 0. The van der Waals surface area contributed by atoms with Crippen LogP contribution in [0.2, 0.25) is 0 Å². The molecule has 0 bridgehead atoms. The van der Waals surface area contributed by atoms with Gasteiger partial charge in [0.2, 0.25) is 5.88 Å². The highest BCUT2D eigenvalue weighted by molar-refractivity contribution is 5.37. The Balaban J connectivity index is 2.47. The van der Waals surface area contributed by atoms with Crippen LogP contribution in [-0.4, -0.2) is 28.8 Å². The van der Waals surface area contributed by atoms with E-state index in [9.17, 15) is 0 Å². The van der Waals surface area contributed by atoms with Crippen molar-refractivity contribution in [2.75, 3.05) is 14.2 Å². The number of hydrogen-bond acceptors (Lipinski definition) is 4. The first-order chi connectivity index (χ1) is 7.33. The van der Waals surface area contributed by atoms with Crippen molar-refractivity contribution in [1.29, 1.82) is 0 Å². The van der Waals surface area contributed by atoms with Gasteiger partial charge in [-0.15, -0.1) is 0 Å². The Kier molecular flexibility index (Phi) is 2.53. The molecule has 5 heteroatoms. The molecule has 5 nitrogen and oxygen atoms in total. The fraction of sp³-hybridized carbons (Fsp3) is 0.200. The molecule has 0 spiro atoms. The van der Waals surface area contributed by atoms with E-state index in [0.29, 0.717) is 17.4 Å². The van der Waals surface area contributed by atoms with E-state index in [1.165, 1.54) is 0 Å². The first-order valence-electron chi connectivity index (χ1n) is 4.42. The first-order valence-corrected chi connectivity index (χ1v) is 4.42. The van der Waals surface area contributed by atoms with Gasteiger partial charge in [0.05, 0.1) is 14.2 Å². The predicted octanol–water partition coefficient (Wildman–Crippen LogP) is 1.28. The number of methoxy groups -OCH3 is 2. The summed E-state index contributed by atoms with van der Waals surface area (Å²) >= 11 is 0. The van der Waals surface area contributed by atoms with Crippen molar-refractivity contribution in [1.82, 2.24) is 14.5 Å². The Labute approximate surface area is 87.3 Å². The second-order valence-corrected chi connectivity index (χ2v) is 2.88. The van der Waals surface area contributed by atoms with E-state index >= 15 is 0 Å². The molecule has 0 aromatic carbocycles. The molecule has 78 valence electrons. The topological polar surface area (TPSA) is 49.2 Å². The normalized spacial score (nSPS) is 10.0. The van der Waals surface area contributed by atoms with E-state index in [2.05, 4.69) is 9.97 Å². The largest absolute Gasteiger partial charge is 0.496 e. The minimum absolute atomic E-state index is 0.512. The molecule has 0 fully saturated rings. The van der Waals surface area contributed by atoms with E-state index < -0.39 is 0 Å². The number of nitrogens with zero attached hydrogens (tertiary/aromatic N) is 3. The molecule has 2 heterocycles. The van der Waals surface area contributed by atoms with Gasteiger partial charge < -0.3 is 9.47 Å². The van der Waals surface area contributed by atoms with Crippen molar-refractivity contribution < 1.29 is 9.47 Å². The van der Waals surface area contributed by atoms with E-state index in [0.717, 1.165) is 0 Å². The molecule has 0 saturated heterocycles. The fourth-order valence-electron chi connectivity index (χ4n) is 1.22. The Morgan fingerprint density at radius 1 is 1.20 bits per heavy atom. The van der Waals surface area contributed by atoms with Gasteiger partial charge in [0.25, 0.3) is 0 Å². The second kappa shape index (κ2) is 4.00. The van der Waals surface area contributed by atoms with Crippen LogP contribution < -0.4 is 9.47 Å². The van der Waals surface area contributed by atoms with E-state index in [-0.39, 0.29) is 0 Å². The highest BCUT2D eigenvalue weighted by Gasteiger charge is 2.04. The highest BCUT2D eigenvalue weighted by atomic mass is 16.5. The molecule has 0 saturated carbocycles. The third kappa shape index (κ3) is 1.90. The summed E-state index contributed by atoms with van der Waals surface area (Å²) in [7, 11) is 3.17. The van der Waals surface area contributed by atoms with Crippen LogP contribution in [0.3, 0.4) is 0 Å². The number of rotatable bonds is 3. The Morgan fingerprint density at radius 3 is 2.67 bits per heavy atom.